The summed E-state index contributed by atoms with van der Waals surface area (Å²) in [5, 5.41) is 9.62. The number of rotatable bonds is 5. The van der Waals surface area contributed by atoms with Gasteiger partial charge in [-0.2, -0.15) is 0 Å². The van der Waals surface area contributed by atoms with Crippen LogP contribution in [-0.2, 0) is 9.53 Å². The van der Waals surface area contributed by atoms with Gasteiger partial charge < -0.3 is 19.5 Å². The predicted octanol–water partition coefficient (Wildman–Crippen LogP) is 1.94. The van der Waals surface area contributed by atoms with Crippen LogP contribution in [0.5, 0.6) is 5.75 Å². The molecule has 2 fully saturated rings. The molecule has 126 valence electrons. The van der Waals surface area contributed by atoms with Crippen molar-refractivity contribution in [1.82, 2.24) is 4.90 Å². The van der Waals surface area contributed by atoms with E-state index in [0.717, 1.165) is 24.2 Å². The van der Waals surface area contributed by atoms with E-state index in [1.165, 1.54) is 12.8 Å². The van der Waals surface area contributed by atoms with Crippen molar-refractivity contribution < 1.29 is 19.4 Å². The van der Waals surface area contributed by atoms with E-state index in [-0.39, 0.29) is 18.7 Å². The van der Waals surface area contributed by atoms with Crippen LogP contribution < -0.4 is 4.74 Å². The standard InChI is InChI=1S/C18H25NO4/c1-19-13-5-6-14(19)10-16(9-13)23-18(21)17(11-20)12-3-7-15(22-2)8-4-12/h3-4,7-8,13-14,16-17,20H,5-6,9-11H2,1-2H3/t13?,14?,16?,17-/m1/s1. The lowest BCUT2D eigenvalue weighted by molar-refractivity contribution is -0.155. The minimum atomic E-state index is -0.627. The minimum absolute atomic E-state index is 0.0245. The summed E-state index contributed by atoms with van der Waals surface area (Å²) in [7, 11) is 3.76. The van der Waals surface area contributed by atoms with E-state index >= 15 is 0 Å². The first-order chi connectivity index (χ1) is 11.1. The average Bonchev–Trinajstić information content (AvgIpc) is 2.77. The molecule has 0 aromatic heterocycles. The molecule has 0 radical (unpaired) electrons. The maximum absolute atomic E-state index is 12.5. The molecule has 0 saturated carbocycles. The summed E-state index contributed by atoms with van der Waals surface area (Å²) in [6.45, 7) is -0.245. The predicted molar refractivity (Wildman–Crippen MR) is 86.5 cm³/mol. The quantitative estimate of drug-likeness (QED) is 0.841. The molecule has 23 heavy (non-hydrogen) atoms. The van der Waals surface area contributed by atoms with Gasteiger partial charge in [-0.05, 0) is 50.4 Å². The summed E-state index contributed by atoms with van der Waals surface area (Å²) in [4.78, 5) is 14.9. The Morgan fingerprint density at radius 2 is 1.87 bits per heavy atom. The average molecular weight is 319 g/mol. The van der Waals surface area contributed by atoms with Gasteiger partial charge in [0, 0.05) is 12.1 Å². The number of piperidine rings is 1. The molecule has 1 aromatic carbocycles. The van der Waals surface area contributed by atoms with Gasteiger partial charge in [0.15, 0.2) is 0 Å². The highest BCUT2D eigenvalue weighted by atomic mass is 16.5. The Morgan fingerprint density at radius 1 is 1.26 bits per heavy atom. The minimum Gasteiger partial charge on any atom is -0.497 e. The molecule has 3 atom stereocenters. The molecule has 2 unspecified atom stereocenters. The number of ether oxygens (including phenoxy) is 2. The first kappa shape index (κ1) is 16.3. The highest BCUT2D eigenvalue weighted by molar-refractivity contribution is 5.78. The van der Waals surface area contributed by atoms with E-state index in [2.05, 4.69) is 11.9 Å². The zero-order chi connectivity index (χ0) is 16.4. The van der Waals surface area contributed by atoms with Crippen molar-refractivity contribution in [2.75, 3.05) is 20.8 Å². The summed E-state index contributed by atoms with van der Waals surface area (Å²) in [6, 6.07) is 8.25. The first-order valence-corrected chi connectivity index (χ1v) is 8.29. The smallest absolute Gasteiger partial charge is 0.316 e. The Kier molecular flexibility index (Phi) is 4.87. The van der Waals surface area contributed by atoms with E-state index < -0.39 is 5.92 Å². The number of esters is 1. The molecule has 2 aliphatic rings. The third kappa shape index (κ3) is 3.35. The largest absolute Gasteiger partial charge is 0.497 e. The van der Waals surface area contributed by atoms with Gasteiger partial charge in [0.2, 0.25) is 0 Å². The van der Waals surface area contributed by atoms with Crippen molar-refractivity contribution in [3.05, 3.63) is 29.8 Å². The molecule has 0 spiro atoms. The number of benzene rings is 1. The lowest BCUT2D eigenvalue weighted by Gasteiger charge is -2.36. The summed E-state index contributed by atoms with van der Waals surface area (Å²) >= 11 is 0. The number of aliphatic hydroxyl groups excluding tert-OH is 1. The number of fused-ring (bicyclic) bond motifs is 2. The number of nitrogens with zero attached hydrogens (tertiary/aromatic N) is 1. The molecule has 2 bridgehead atoms. The fraction of sp³-hybridized carbons (Fsp3) is 0.611. The van der Waals surface area contributed by atoms with E-state index in [0.29, 0.717) is 12.1 Å². The van der Waals surface area contributed by atoms with Crippen molar-refractivity contribution in [2.24, 2.45) is 0 Å². The van der Waals surface area contributed by atoms with Crippen LogP contribution in [0, 0.1) is 0 Å². The molecule has 0 aliphatic carbocycles. The van der Waals surface area contributed by atoms with Gasteiger partial charge in [-0.25, -0.2) is 0 Å². The number of carbonyl (C=O) groups excluding carboxylic acids is 1. The molecule has 2 aliphatic heterocycles. The molecule has 0 amide bonds. The lowest BCUT2D eigenvalue weighted by Crippen LogP contribution is -2.43. The zero-order valence-corrected chi connectivity index (χ0v) is 13.8. The topological polar surface area (TPSA) is 59.0 Å². The van der Waals surface area contributed by atoms with Crippen LogP contribution in [0.3, 0.4) is 0 Å². The van der Waals surface area contributed by atoms with Crippen molar-refractivity contribution in [2.45, 2.75) is 49.8 Å². The van der Waals surface area contributed by atoms with E-state index in [9.17, 15) is 9.90 Å². The highest BCUT2D eigenvalue weighted by Gasteiger charge is 2.40. The van der Waals surface area contributed by atoms with Crippen LogP contribution in [0.15, 0.2) is 24.3 Å². The third-order valence-electron chi connectivity index (χ3n) is 5.32. The monoisotopic (exact) mass is 319 g/mol. The molecule has 3 rings (SSSR count). The molecule has 1 N–H and O–H groups in total. The molecule has 2 saturated heterocycles. The van der Waals surface area contributed by atoms with E-state index in [4.69, 9.17) is 9.47 Å². The van der Waals surface area contributed by atoms with Crippen molar-refractivity contribution >= 4 is 5.97 Å². The van der Waals surface area contributed by atoms with Crippen molar-refractivity contribution in [1.29, 1.82) is 0 Å². The van der Waals surface area contributed by atoms with Gasteiger partial charge in [-0.1, -0.05) is 12.1 Å². The zero-order valence-electron chi connectivity index (χ0n) is 13.8. The van der Waals surface area contributed by atoms with Crippen LogP contribution in [0.25, 0.3) is 0 Å². The normalized spacial score (nSPS) is 28.4. The Balaban J connectivity index is 1.63. The number of carbonyl (C=O) groups is 1. The Bertz CT molecular complexity index is 530. The van der Waals surface area contributed by atoms with Crippen LogP contribution in [-0.4, -0.2) is 54.9 Å². The third-order valence-corrected chi connectivity index (χ3v) is 5.32. The Hall–Kier alpha value is -1.59. The fourth-order valence-electron chi connectivity index (χ4n) is 3.86. The van der Waals surface area contributed by atoms with Gasteiger partial charge in [0.05, 0.1) is 13.7 Å². The number of aliphatic hydroxyl groups is 1. The van der Waals surface area contributed by atoms with Crippen LogP contribution in [0.2, 0.25) is 0 Å². The summed E-state index contributed by atoms with van der Waals surface area (Å²) < 4.78 is 10.8. The number of methoxy groups -OCH3 is 1. The second kappa shape index (κ2) is 6.89. The van der Waals surface area contributed by atoms with Crippen LogP contribution in [0.1, 0.15) is 37.2 Å². The van der Waals surface area contributed by atoms with Crippen LogP contribution >= 0.6 is 0 Å². The molecule has 1 aromatic rings. The number of hydrogen-bond acceptors (Lipinski definition) is 5. The van der Waals surface area contributed by atoms with E-state index in [1.807, 2.05) is 0 Å². The van der Waals surface area contributed by atoms with Crippen molar-refractivity contribution in [3.8, 4) is 5.75 Å². The number of hydrogen-bond donors (Lipinski definition) is 1. The molecular formula is C18H25NO4. The van der Waals surface area contributed by atoms with Gasteiger partial charge in [0.25, 0.3) is 0 Å². The Morgan fingerprint density at radius 3 is 2.39 bits per heavy atom. The van der Waals surface area contributed by atoms with E-state index in [1.54, 1.807) is 31.4 Å². The fourth-order valence-corrected chi connectivity index (χ4v) is 3.86. The summed E-state index contributed by atoms with van der Waals surface area (Å²) in [5.74, 6) is -0.226. The van der Waals surface area contributed by atoms with Crippen LogP contribution in [0.4, 0.5) is 0 Å². The molecule has 5 heteroatoms. The maximum atomic E-state index is 12.5. The first-order valence-electron chi connectivity index (χ1n) is 8.29. The van der Waals surface area contributed by atoms with Gasteiger partial charge in [-0.15, -0.1) is 0 Å². The van der Waals surface area contributed by atoms with Crippen molar-refractivity contribution in [3.63, 3.8) is 0 Å². The molecule has 5 nitrogen and oxygen atoms in total. The molecular weight excluding hydrogens is 294 g/mol. The highest BCUT2D eigenvalue weighted by Crippen LogP contribution is 2.36. The SMILES string of the molecule is COc1ccc([C@@H](CO)C(=O)OC2CC3CCC(C2)N3C)cc1. The lowest BCUT2D eigenvalue weighted by atomic mass is 9.98. The summed E-state index contributed by atoms with van der Waals surface area (Å²) in [5.41, 5.74) is 0.759. The van der Waals surface area contributed by atoms with Gasteiger partial charge in [0.1, 0.15) is 17.8 Å². The second-order valence-corrected chi connectivity index (χ2v) is 6.59. The van der Waals surface area contributed by atoms with Gasteiger partial charge >= 0.3 is 5.97 Å². The summed E-state index contributed by atoms with van der Waals surface area (Å²) in [6.07, 6.45) is 4.16. The van der Waals surface area contributed by atoms with Gasteiger partial charge in [-0.3, -0.25) is 4.79 Å². The maximum Gasteiger partial charge on any atom is 0.316 e. The molecule has 2 heterocycles. The second-order valence-electron chi connectivity index (χ2n) is 6.59. The Labute approximate surface area is 137 Å².